The maximum absolute atomic E-state index is 12.3. The molecule has 2 atom stereocenters. The maximum atomic E-state index is 12.3. The van der Waals surface area contributed by atoms with Gasteiger partial charge in [-0.25, -0.2) is 0 Å². The quantitative estimate of drug-likeness (QED) is 0.314. The lowest BCUT2D eigenvalue weighted by Crippen LogP contribution is -2.37. The standard InChI is InChI=1S/C20H21NO6/c1-2-26-14-9-7-13(8-10-14)17(22)12-27-18(23)11-21-19(24)15-5-3-4-6-16(15)20(21)25/h3-4,7-10,15-16H,2,5-6,11-12H2,1H3/t15-,16-/m1/s1. The Hall–Kier alpha value is -2.96. The lowest BCUT2D eigenvalue weighted by Gasteiger charge is -2.14. The normalized spacial score (nSPS) is 21.1. The van der Waals surface area contributed by atoms with Crippen LogP contribution in [-0.4, -0.2) is 48.2 Å². The Bertz CT molecular complexity index is 756. The molecular formula is C20H21NO6. The van der Waals surface area contributed by atoms with Gasteiger partial charge in [0.1, 0.15) is 12.3 Å². The SMILES string of the molecule is CCOc1ccc(C(=O)COC(=O)CN2C(=O)[C@@H]3CC=CC[C@H]3C2=O)cc1. The monoisotopic (exact) mass is 371 g/mol. The van der Waals surface area contributed by atoms with E-state index in [1.165, 1.54) is 0 Å². The van der Waals surface area contributed by atoms with Gasteiger partial charge in [-0.05, 0) is 44.0 Å². The van der Waals surface area contributed by atoms with Crippen molar-refractivity contribution in [3.63, 3.8) is 0 Å². The van der Waals surface area contributed by atoms with Crippen molar-refractivity contribution >= 4 is 23.6 Å². The average Bonchev–Trinajstić information content (AvgIpc) is 2.92. The van der Waals surface area contributed by atoms with Crippen LogP contribution in [0, 0.1) is 11.8 Å². The van der Waals surface area contributed by atoms with E-state index in [0.717, 1.165) is 4.90 Å². The molecule has 1 aliphatic heterocycles. The number of allylic oxidation sites excluding steroid dienone is 2. The maximum Gasteiger partial charge on any atom is 0.326 e. The van der Waals surface area contributed by atoms with Gasteiger partial charge in [0.05, 0.1) is 18.4 Å². The summed E-state index contributed by atoms with van der Waals surface area (Å²) in [6.45, 7) is 1.48. The summed E-state index contributed by atoms with van der Waals surface area (Å²) >= 11 is 0. The number of Topliss-reactive ketones (excluding diaryl/α,β-unsaturated/α-hetero) is 1. The van der Waals surface area contributed by atoms with Crippen LogP contribution in [0.3, 0.4) is 0 Å². The number of likely N-dealkylation sites (tertiary alicyclic amines) is 1. The lowest BCUT2D eigenvalue weighted by molar-refractivity contribution is -0.152. The van der Waals surface area contributed by atoms with Gasteiger partial charge in [0, 0.05) is 5.56 Å². The molecule has 142 valence electrons. The molecule has 0 radical (unpaired) electrons. The first-order valence-electron chi connectivity index (χ1n) is 8.93. The van der Waals surface area contributed by atoms with Gasteiger partial charge in [0.2, 0.25) is 11.8 Å². The second-order valence-corrected chi connectivity index (χ2v) is 6.46. The van der Waals surface area contributed by atoms with Crippen molar-refractivity contribution in [1.82, 2.24) is 4.90 Å². The number of benzene rings is 1. The second-order valence-electron chi connectivity index (χ2n) is 6.46. The van der Waals surface area contributed by atoms with E-state index >= 15 is 0 Å². The van der Waals surface area contributed by atoms with Gasteiger partial charge in [-0.3, -0.25) is 24.1 Å². The van der Waals surface area contributed by atoms with E-state index in [-0.39, 0.29) is 29.4 Å². The summed E-state index contributed by atoms with van der Waals surface area (Å²) in [5.74, 6) is -1.96. The van der Waals surface area contributed by atoms with E-state index in [2.05, 4.69) is 0 Å². The number of nitrogens with zero attached hydrogens (tertiary/aromatic N) is 1. The van der Waals surface area contributed by atoms with Crippen LogP contribution >= 0.6 is 0 Å². The molecule has 0 saturated carbocycles. The second kappa shape index (κ2) is 8.16. The average molecular weight is 371 g/mol. The highest BCUT2D eigenvalue weighted by molar-refractivity contribution is 6.07. The molecular weight excluding hydrogens is 350 g/mol. The number of ketones is 1. The third-order valence-corrected chi connectivity index (χ3v) is 4.74. The molecule has 0 aromatic heterocycles. The van der Waals surface area contributed by atoms with Crippen LogP contribution in [0.25, 0.3) is 0 Å². The summed E-state index contributed by atoms with van der Waals surface area (Å²) < 4.78 is 10.3. The Morgan fingerprint density at radius 1 is 1.04 bits per heavy atom. The van der Waals surface area contributed by atoms with E-state index < -0.39 is 19.1 Å². The Morgan fingerprint density at radius 2 is 1.63 bits per heavy atom. The summed E-state index contributed by atoms with van der Waals surface area (Å²) in [7, 11) is 0. The van der Waals surface area contributed by atoms with Gasteiger partial charge in [-0.15, -0.1) is 0 Å². The summed E-state index contributed by atoms with van der Waals surface area (Å²) in [4.78, 5) is 49.7. The smallest absolute Gasteiger partial charge is 0.326 e. The van der Waals surface area contributed by atoms with Crippen molar-refractivity contribution < 1.29 is 28.7 Å². The fourth-order valence-electron chi connectivity index (χ4n) is 3.33. The molecule has 2 amide bonds. The largest absolute Gasteiger partial charge is 0.494 e. The van der Waals surface area contributed by atoms with Crippen molar-refractivity contribution in [2.24, 2.45) is 11.8 Å². The number of amides is 2. The molecule has 1 heterocycles. The zero-order valence-electron chi connectivity index (χ0n) is 15.1. The molecule has 0 unspecified atom stereocenters. The molecule has 7 nitrogen and oxygen atoms in total. The lowest BCUT2D eigenvalue weighted by atomic mass is 9.85. The first kappa shape index (κ1) is 18.8. The first-order chi connectivity index (χ1) is 13.0. The van der Waals surface area contributed by atoms with Crippen LogP contribution in [-0.2, 0) is 19.1 Å². The minimum atomic E-state index is -0.775. The van der Waals surface area contributed by atoms with Crippen molar-refractivity contribution in [2.45, 2.75) is 19.8 Å². The number of rotatable bonds is 7. The predicted octanol–water partition coefficient (Wildman–Crippen LogP) is 1.76. The minimum absolute atomic E-state index is 0.343. The summed E-state index contributed by atoms with van der Waals surface area (Å²) in [5, 5.41) is 0. The van der Waals surface area contributed by atoms with Crippen LogP contribution in [0.2, 0.25) is 0 Å². The molecule has 0 spiro atoms. The number of imide groups is 1. The highest BCUT2D eigenvalue weighted by Crippen LogP contribution is 2.34. The van der Waals surface area contributed by atoms with E-state index in [1.807, 2.05) is 19.1 Å². The minimum Gasteiger partial charge on any atom is -0.494 e. The van der Waals surface area contributed by atoms with Gasteiger partial charge in [-0.2, -0.15) is 0 Å². The molecule has 27 heavy (non-hydrogen) atoms. The van der Waals surface area contributed by atoms with Crippen molar-refractivity contribution in [3.05, 3.63) is 42.0 Å². The molecule has 3 rings (SSSR count). The molecule has 1 aromatic carbocycles. The Labute approximate surface area is 156 Å². The fourth-order valence-corrected chi connectivity index (χ4v) is 3.33. The molecule has 0 N–H and O–H groups in total. The first-order valence-corrected chi connectivity index (χ1v) is 8.93. The Morgan fingerprint density at radius 3 is 2.19 bits per heavy atom. The third-order valence-electron chi connectivity index (χ3n) is 4.74. The molecule has 1 aliphatic carbocycles. The van der Waals surface area contributed by atoms with E-state index in [1.54, 1.807) is 24.3 Å². The number of fused-ring (bicyclic) bond motifs is 1. The highest BCUT2D eigenvalue weighted by atomic mass is 16.5. The summed E-state index contributed by atoms with van der Waals surface area (Å²) in [6, 6.07) is 6.50. The van der Waals surface area contributed by atoms with Crippen LogP contribution in [0.4, 0.5) is 0 Å². The highest BCUT2D eigenvalue weighted by Gasteiger charge is 2.47. The predicted molar refractivity (Wildman–Crippen MR) is 95.0 cm³/mol. The van der Waals surface area contributed by atoms with Crippen LogP contribution in [0.1, 0.15) is 30.1 Å². The van der Waals surface area contributed by atoms with Crippen LogP contribution in [0.5, 0.6) is 5.75 Å². The fraction of sp³-hybridized carbons (Fsp3) is 0.400. The zero-order chi connectivity index (χ0) is 19.4. The van der Waals surface area contributed by atoms with Crippen LogP contribution in [0.15, 0.2) is 36.4 Å². The molecule has 2 aliphatic rings. The van der Waals surface area contributed by atoms with Gasteiger partial charge in [0.25, 0.3) is 0 Å². The molecule has 1 saturated heterocycles. The third kappa shape index (κ3) is 4.07. The Kier molecular flexibility index (Phi) is 5.69. The number of esters is 1. The topological polar surface area (TPSA) is 90.0 Å². The van der Waals surface area contributed by atoms with E-state index in [4.69, 9.17) is 9.47 Å². The van der Waals surface area contributed by atoms with Crippen LogP contribution < -0.4 is 4.74 Å². The number of carbonyl (C=O) groups excluding carboxylic acids is 4. The molecule has 0 bridgehead atoms. The zero-order valence-corrected chi connectivity index (χ0v) is 15.1. The number of carbonyl (C=O) groups is 4. The van der Waals surface area contributed by atoms with E-state index in [0.29, 0.717) is 30.8 Å². The summed E-state index contributed by atoms with van der Waals surface area (Å²) in [6.07, 6.45) is 4.78. The Balaban J connectivity index is 1.51. The van der Waals surface area contributed by atoms with Crippen molar-refractivity contribution in [2.75, 3.05) is 19.8 Å². The van der Waals surface area contributed by atoms with Crippen molar-refractivity contribution in [3.8, 4) is 5.75 Å². The summed E-state index contributed by atoms with van der Waals surface area (Å²) in [5.41, 5.74) is 0.386. The molecule has 1 fully saturated rings. The van der Waals surface area contributed by atoms with Crippen molar-refractivity contribution in [1.29, 1.82) is 0 Å². The van der Waals surface area contributed by atoms with Gasteiger partial charge >= 0.3 is 5.97 Å². The molecule has 1 aromatic rings. The van der Waals surface area contributed by atoms with Gasteiger partial charge < -0.3 is 9.47 Å². The number of hydrogen-bond donors (Lipinski definition) is 0. The number of ether oxygens (including phenoxy) is 2. The molecule has 7 heteroatoms. The van der Waals surface area contributed by atoms with Gasteiger partial charge in [0.15, 0.2) is 12.4 Å². The van der Waals surface area contributed by atoms with Gasteiger partial charge in [-0.1, -0.05) is 12.2 Å². The number of hydrogen-bond acceptors (Lipinski definition) is 6. The van der Waals surface area contributed by atoms with E-state index in [9.17, 15) is 19.2 Å².